The van der Waals surface area contributed by atoms with Gasteiger partial charge in [0.1, 0.15) is 15.7 Å². The standard InChI is InChI=1S/C18H30FN3O2S/c1-6-20-17(22-14(2)11-12-25(5,23)24)21-13-18(3,4)15-9-7-8-10-16(15)19/h7-10,14H,6,11-13H2,1-5H3,(H2,20,21,22). The van der Waals surface area contributed by atoms with E-state index in [1.807, 2.05) is 33.8 Å². The Morgan fingerprint density at radius 1 is 1.32 bits per heavy atom. The molecule has 0 heterocycles. The Bertz CT molecular complexity index is 687. The summed E-state index contributed by atoms with van der Waals surface area (Å²) >= 11 is 0. The Morgan fingerprint density at radius 2 is 1.96 bits per heavy atom. The highest BCUT2D eigenvalue weighted by Crippen LogP contribution is 2.25. The summed E-state index contributed by atoms with van der Waals surface area (Å²) in [5.41, 5.74) is 0.170. The molecule has 1 atom stereocenters. The molecule has 0 saturated heterocycles. The maximum atomic E-state index is 14.0. The van der Waals surface area contributed by atoms with E-state index in [0.29, 0.717) is 31.0 Å². The average Bonchev–Trinajstić information content (AvgIpc) is 2.50. The van der Waals surface area contributed by atoms with Gasteiger partial charge in [0.25, 0.3) is 0 Å². The van der Waals surface area contributed by atoms with Gasteiger partial charge in [0.2, 0.25) is 0 Å². The van der Waals surface area contributed by atoms with Crippen molar-refractivity contribution in [3.05, 3.63) is 35.6 Å². The second kappa shape index (κ2) is 9.17. The number of rotatable bonds is 8. The summed E-state index contributed by atoms with van der Waals surface area (Å²) in [6, 6.07) is 6.69. The van der Waals surface area contributed by atoms with Crippen LogP contribution >= 0.6 is 0 Å². The predicted molar refractivity (Wildman–Crippen MR) is 102 cm³/mol. The molecule has 0 spiro atoms. The quantitative estimate of drug-likeness (QED) is 0.544. The van der Waals surface area contributed by atoms with E-state index in [4.69, 9.17) is 0 Å². The van der Waals surface area contributed by atoms with Crippen molar-refractivity contribution in [2.75, 3.05) is 25.1 Å². The molecule has 2 N–H and O–H groups in total. The van der Waals surface area contributed by atoms with Gasteiger partial charge in [0.15, 0.2) is 5.96 Å². The Labute approximate surface area is 151 Å². The van der Waals surface area contributed by atoms with Crippen LogP contribution in [-0.4, -0.2) is 45.5 Å². The zero-order valence-electron chi connectivity index (χ0n) is 15.8. The number of benzene rings is 1. The molecule has 0 fully saturated rings. The topological polar surface area (TPSA) is 70.6 Å². The minimum Gasteiger partial charge on any atom is -0.357 e. The van der Waals surface area contributed by atoms with Gasteiger partial charge in [-0.15, -0.1) is 0 Å². The lowest BCUT2D eigenvalue weighted by Gasteiger charge is -2.25. The van der Waals surface area contributed by atoms with Crippen LogP contribution in [0.5, 0.6) is 0 Å². The highest BCUT2D eigenvalue weighted by atomic mass is 32.2. The number of guanidine groups is 1. The fourth-order valence-corrected chi connectivity index (χ4v) is 3.17. The Kier molecular flexibility index (Phi) is 7.86. The van der Waals surface area contributed by atoms with Crippen molar-refractivity contribution in [3.63, 3.8) is 0 Å². The lowest BCUT2D eigenvalue weighted by Crippen LogP contribution is -2.43. The van der Waals surface area contributed by atoms with Crippen LogP contribution in [0.15, 0.2) is 29.3 Å². The molecule has 0 aliphatic rings. The molecule has 0 aliphatic carbocycles. The summed E-state index contributed by atoms with van der Waals surface area (Å²) in [6.07, 6.45) is 1.73. The SMILES string of the molecule is CCNC(=NCC(C)(C)c1ccccc1F)NC(C)CCS(C)(=O)=O. The number of nitrogens with one attached hydrogen (secondary N) is 2. The van der Waals surface area contributed by atoms with Gasteiger partial charge in [0.05, 0.1) is 12.3 Å². The van der Waals surface area contributed by atoms with Crippen molar-refractivity contribution in [1.82, 2.24) is 10.6 Å². The van der Waals surface area contributed by atoms with Crippen molar-refractivity contribution in [2.24, 2.45) is 4.99 Å². The molecule has 1 rings (SSSR count). The van der Waals surface area contributed by atoms with Gasteiger partial charge in [-0.25, -0.2) is 12.8 Å². The van der Waals surface area contributed by atoms with E-state index >= 15 is 0 Å². The number of aliphatic imine (C=N–C) groups is 1. The number of hydrogen-bond donors (Lipinski definition) is 2. The van der Waals surface area contributed by atoms with Crippen LogP contribution in [0.3, 0.4) is 0 Å². The van der Waals surface area contributed by atoms with Gasteiger partial charge in [-0.1, -0.05) is 32.0 Å². The van der Waals surface area contributed by atoms with Gasteiger partial charge >= 0.3 is 0 Å². The molecular weight excluding hydrogens is 341 g/mol. The first-order valence-corrected chi connectivity index (χ1v) is 10.6. The smallest absolute Gasteiger partial charge is 0.191 e. The lowest BCUT2D eigenvalue weighted by atomic mass is 9.84. The monoisotopic (exact) mass is 371 g/mol. The normalized spacial score (nSPS) is 14.2. The van der Waals surface area contributed by atoms with Crippen molar-refractivity contribution >= 4 is 15.8 Å². The largest absolute Gasteiger partial charge is 0.357 e. The minimum atomic E-state index is -2.99. The van der Waals surface area contributed by atoms with Gasteiger partial charge < -0.3 is 10.6 Å². The van der Waals surface area contributed by atoms with E-state index in [-0.39, 0.29) is 17.6 Å². The summed E-state index contributed by atoms with van der Waals surface area (Å²) in [4.78, 5) is 4.57. The number of hydrogen-bond acceptors (Lipinski definition) is 3. The fourth-order valence-electron chi connectivity index (χ4n) is 2.39. The zero-order chi connectivity index (χ0) is 19.1. The van der Waals surface area contributed by atoms with E-state index in [9.17, 15) is 12.8 Å². The highest BCUT2D eigenvalue weighted by Gasteiger charge is 2.24. The molecule has 25 heavy (non-hydrogen) atoms. The third-order valence-corrected chi connectivity index (χ3v) is 4.86. The van der Waals surface area contributed by atoms with Crippen LogP contribution in [0.1, 0.15) is 39.7 Å². The van der Waals surface area contributed by atoms with Crippen LogP contribution in [0.4, 0.5) is 4.39 Å². The van der Waals surface area contributed by atoms with Crippen molar-refractivity contribution in [1.29, 1.82) is 0 Å². The average molecular weight is 372 g/mol. The van der Waals surface area contributed by atoms with Crippen LogP contribution in [0.25, 0.3) is 0 Å². The maximum absolute atomic E-state index is 14.0. The minimum absolute atomic E-state index is 0.0379. The molecule has 1 aromatic rings. The number of halogens is 1. The molecule has 5 nitrogen and oxygen atoms in total. The van der Waals surface area contributed by atoms with Crippen LogP contribution in [0, 0.1) is 5.82 Å². The third-order valence-electron chi connectivity index (χ3n) is 3.88. The molecule has 0 radical (unpaired) electrons. The Hall–Kier alpha value is -1.63. The zero-order valence-corrected chi connectivity index (χ0v) is 16.6. The molecule has 0 aromatic heterocycles. The second-order valence-electron chi connectivity index (χ2n) is 7.02. The highest BCUT2D eigenvalue weighted by molar-refractivity contribution is 7.90. The molecule has 0 saturated carbocycles. The fraction of sp³-hybridized carbons (Fsp3) is 0.611. The number of nitrogens with zero attached hydrogens (tertiary/aromatic N) is 1. The molecular formula is C18H30FN3O2S. The molecule has 0 aliphatic heterocycles. The van der Waals surface area contributed by atoms with Crippen LogP contribution < -0.4 is 10.6 Å². The molecule has 1 unspecified atom stereocenters. The summed E-state index contributed by atoms with van der Waals surface area (Å²) in [5.74, 6) is 0.497. The van der Waals surface area contributed by atoms with Crippen molar-refractivity contribution in [2.45, 2.75) is 45.6 Å². The first-order chi connectivity index (χ1) is 11.5. The lowest BCUT2D eigenvalue weighted by molar-refractivity contribution is 0.491. The van der Waals surface area contributed by atoms with E-state index in [0.717, 1.165) is 0 Å². The van der Waals surface area contributed by atoms with E-state index in [2.05, 4.69) is 15.6 Å². The summed E-state index contributed by atoms with van der Waals surface area (Å²) in [5, 5.41) is 6.35. The van der Waals surface area contributed by atoms with Crippen molar-refractivity contribution in [3.8, 4) is 0 Å². The summed E-state index contributed by atoms with van der Waals surface area (Å²) in [6.45, 7) is 8.87. The molecule has 0 amide bonds. The first kappa shape index (κ1) is 21.4. The van der Waals surface area contributed by atoms with E-state index < -0.39 is 15.3 Å². The van der Waals surface area contributed by atoms with Gasteiger partial charge in [-0.05, 0) is 31.9 Å². The summed E-state index contributed by atoms with van der Waals surface area (Å²) < 4.78 is 36.6. The molecule has 7 heteroatoms. The van der Waals surface area contributed by atoms with E-state index in [1.54, 1.807) is 12.1 Å². The number of sulfone groups is 1. The Balaban J connectivity index is 2.79. The van der Waals surface area contributed by atoms with Gasteiger partial charge in [-0.2, -0.15) is 0 Å². The van der Waals surface area contributed by atoms with Crippen molar-refractivity contribution < 1.29 is 12.8 Å². The van der Waals surface area contributed by atoms with Crippen LogP contribution in [-0.2, 0) is 15.3 Å². The van der Waals surface area contributed by atoms with Crippen LogP contribution in [0.2, 0.25) is 0 Å². The molecule has 0 bridgehead atoms. The molecule has 142 valence electrons. The molecule has 1 aromatic carbocycles. The second-order valence-corrected chi connectivity index (χ2v) is 9.28. The Morgan fingerprint density at radius 3 is 2.52 bits per heavy atom. The maximum Gasteiger partial charge on any atom is 0.191 e. The first-order valence-electron chi connectivity index (χ1n) is 8.52. The van der Waals surface area contributed by atoms with Gasteiger partial charge in [0, 0.05) is 24.3 Å². The predicted octanol–water partition coefficient (Wildman–Crippen LogP) is 2.48. The van der Waals surface area contributed by atoms with E-state index in [1.165, 1.54) is 12.3 Å². The summed E-state index contributed by atoms with van der Waals surface area (Å²) in [7, 11) is -2.99. The van der Waals surface area contributed by atoms with Gasteiger partial charge in [-0.3, -0.25) is 4.99 Å². The third kappa shape index (κ3) is 7.86.